The van der Waals surface area contributed by atoms with Crippen LogP contribution in [0.25, 0.3) is 0 Å². The van der Waals surface area contributed by atoms with Crippen LogP contribution < -0.4 is 5.32 Å². The zero-order valence-corrected chi connectivity index (χ0v) is 48.7. The smallest absolute Gasteiger partial charge is 0.389 e. The molecule has 67 heavy (non-hydrogen) atoms. The van der Waals surface area contributed by atoms with Crippen molar-refractivity contribution in [3.63, 3.8) is 0 Å². The molecule has 0 radical (unpaired) electrons. The maximum atomic E-state index is 10.7. The van der Waals surface area contributed by atoms with Crippen molar-refractivity contribution in [2.45, 2.75) is 80.6 Å². The molecule has 0 rings (SSSR count). The van der Waals surface area contributed by atoms with E-state index >= 15 is 0 Å². The number of rotatable bonds is 47. The third-order valence-electron chi connectivity index (χ3n) is 11.0. The number of ether oxygens (including phenoxy) is 3. The van der Waals surface area contributed by atoms with Gasteiger partial charge in [0.25, 0.3) is 0 Å². The van der Waals surface area contributed by atoms with E-state index in [1.165, 1.54) is 0 Å². The topological polar surface area (TPSA) is 242 Å². The van der Waals surface area contributed by atoms with Gasteiger partial charge in [0.05, 0.1) is 38.1 Å². The maximum Gasteiger partial charge on any atom is 0.500 e. The standard InChI is InChI=1S/C24H57NO13Si3.C15H37NO8Si2/c1-28-39(29-2,30-3)16-10-13-25(19-23(26)21-37-14-11-17-40(31-4,32-5)33-6)20-24(27)22-38-15-12-18-41(34-7,35-8)36-9;1-18-25(19-2,20-3)11-7-9-16-13-15(17)14-24-10-8-12-26(21-4,22-5)23-6/h23-24,26-27H,10-22H2,1-9H3;15-17H,7-14H2,1-6H3. The van der Waals surface area contributed by atoms with Crippen LogP contribution in [0.3, 0.4) is 0 Å². The second-order valence-corrected chi connectivity index (χ2v) is 30.6. The van der Waals surface area contributed by atoms with Gasteiger partial charge in [-0.25, -0.2) is 0 Å². The summed E-state index contributed by atoms with van der Waals surface area (Å²) < 4.78 is 98.1. The van der Waals surface area contributed by atoms with E-state index in [9.17, 15) is 15.3 Å². The van der Waals surface area contributed by atoms with E-state index in [2.05, 4.69) is 5.32 Å². The van der Waals surface area contributed by atoms with Gasteiger partial charge in [-0.05, 0) is 45.2 Å². The summed E-state index contributed by atoms with van der Waals surface area (Å²) in [5.74, 6) is 0. The Bertz CT molecular complexity index is 998. The van der Waals surface area contributed by atoms with Gasteiger partial charge in [0.1, 0.15) is 0 Å². The highest BCUT2D eigenvalue weighted by Gasteiger charge is 2.40. The second-order valence-electron chi connectivity index (χ2n) is 15.1. The molecular weight excluding hydrogens is 973 g/mol. The fourth-order valence-corrected chi connectivity index (χ4v) is 15.3. The third kappa shape index (κ3) is 29.5. The van der Waals surface area contributed by atoms with Gasteiger partial charge >= 0.3 is 44.0 Å². The zero-order chi connectivity index (χ0) is 51.1. The minimum atomic E-state index is -2.73. The first-order valence-electron chi connectivity index (χ1n) is 22.6. The molecule has 3 unspecified atom stereocenters. The Morgan fingerprint density at radius 1 is 0.358 bits per heavy atom. The van der Waals surface area contributed by atoms with Crippen LogP contribution in [0.1, 0.15) is 32.1 Å². The van der Waals surface area contributed by atoms with Crippen LogP contribution in [0.2, 0.25) is 30.2 Å². The highest BCUT2D eigenvalue weighted by atomic mass is 28.4. The molecule has 0 aliphatic rings. The lowest BCUT2D eigenvalue weighted by atomic mass is 10.2. The van der Waals surface area contributed by atoms with Crippen LogP contribution in [0.15, 0.2) is 0 Å². The molecular formula is C39H94N2O21Si5. The number of nitrogens with one attached hydrogen (secondary N) is 1. The summed E-state index contributed by atoms with van der Waals surface area (Å²) in [7, 11) is 10.7. The first-order chi connectivity index (χ1) is 32.1. The van der Waals surface area contributed by atoms with E-state index in [-0.39, 0.29) is 19.8 Å². The highest BCUT2D eigenvalue weighted by Crippen LogP contribution is 2.19. The minimum Gasteiger partial charge on any atom is -0.389 e. The average molecular weight is 1070 g/mol. The third-order valence-corrected chi connectivity index (χ3v) is 25.2. The van der Waals surface area contributed by atoms with Gasteiger partial charge in [-0.1, -0.05) is 0 Å². The van der Waals surface area contributed by atoms with E-state index in [4.69, 9.17) is 80.6 Å². The lowest BCUT2D eigenvalue weighted by Crippen LogP contribution is -2.45. The molecule has 0 aromatic carbocycles. The van der Waals surface area contributed by atoms with E-state index in [1.54, 1.807) is 107 Å². The molecule has 406 valence electrons. The van der Waals surface area contributed by atoms with E-state index < -0.39 is 62.3 Å². The number of aliphatic hydroxyl groups is 3. The summed E-state index contributed by atoms with van der Waals surface area (Å²) in [6.45, 7) is 4.40. The van der Waals surface area contributed by atoms with Crippen LogP contribution >= 0.6 is 0 Å². The van der Waals surface area contributed by atoms with Gasteiger partial charge in [-0.3, -0.25) is 4.90 Å². The van der Waals surface area contributed by atoms with Crippen molar-refractivity contribution >= 4 is 44.0 Å². The van der Waals surface area contributed by atoms with Crippen LogP contribution in [-0.2, 0) is 80.6 Å². The molecule has 0 heterocycles. The monoisotopic (exact) mass is 1070 g/mol. The molecule has 0 saturated heterocycles. The number of hydrogen-bond donors (Lipinski definition) is 4. The van der Waals surface area contributed by atoms with Crippen molar-refractivity contribution in [3.05, 3.63) is 0 Å². The molecule has 0 bridgehead atoms. The first kappa shape index (κ1) is 69.2. The summed E-state index contributed by atoms with van der Waals surface area (Å²) in [6.07, 6.45) is 1.58. The summed E-state index contributed by atoms with van der Waals surface area (Å²) in [4.78, 5) is 1.99. The molecule has 0 aliphatic carbocycles. The molecule has 0 aliphatic heterocycles. The molecule has 0 saturated carbocycles. The van der Waals surface area contributed by atoms with Gasteiger partial charge in [0.2, 0.25) is 0 Å². The van der Waals surface area contributed by atoms with E-state index in [1.807, 2.05) is 4.90 Å². The van der Waals surface area contributed by atoms with Gasteiger partial charge in [-0.2, -0.15) is 0 Å². The predicted octanol–water partition coefficient (Wildman–Crippen LogP) is 1.34. The minimum absolute atomic E-state index is 0.154. The second kappa shape index (κ2) is 41.6. The Morgan fingerprint density at radius 2 is 0.612 bits per heavy atom. The number of nitrogens with zero attached hydrogens (tertiary/aromatic N) is 1. The van der Waals surface area contributed by atoms with Crippen LogP contribution in [0.4, 0.5) is 0 Å². The van der Waals surface area contributed by atoms with Crippen molar-refractivity contribution in [1.82, 2.24) is 10.2 Å². The fourth-order valence-electron chi connectivity index (χ4n) is 6.85. The van der Waals surface area contributed by atoms with Gasteiger partial charge in [0.15, 0.2) is 0 Å². The van der Waals surface area contributed by atoms with Crippen molar-refractivity contribution in [1.29, 1.82) is 0 Å². The van der Waals surface area contributed by atoms with Crippen LogP contribution in [0, 0.1) is 0 Å². The Balaban J connectivity index is 0. The highest BCUT2D eigenvalue weighted by molar-refractivity contribution is 6.62. The molecule has 0 spiro atoms. The molecule has 0 aromatic rings. The molecule has 0 amide bonds. The Labute approximate surface area is 408 Å². The normalized spacial score (nSPS) is 14.4. The molecule has 4 N–H and O–H groups in total. The summed E-state index contributed by atoms with van der Waals surface area (Å²) in [5.41, 5.74) is 0. The zero-order valence-electron chi connectivity index (χ0n) is 43.7. The average Bonchev–Trinajstić information content (AvgIpc) is 3.36. The quantitative estimate of drug-likeness (QED) is 0.0497. The fraction of sp³-hybridized carbons (Fsp3) is 1.00. The Hall–Kier alpha value is 0.164. The Kier molecular flexibility index (Phi) is 43.0. The van der Waals surface area contributed by atoms with Gasteiger partial charge in [-0.15, -0.1) is 0 Å². The predicted molar refractivity (Wildman–Crippen MR) is 261 cm³/mol. The van der Waals surface area contributed by atoms with Crippen molar-refractivity contribution in [2.24, 2.45) is 0 Å². The number of aliphatic hydroxyl groups excluding tert-OH is 3. The first-order valence-corrected chi connectivity index (χ1v) is 32.2. The number of hydrogen-bond acceptors (Lipinski definition) is 23. The van der Waals surface area contributed by atoms with E-state index in [0.717, 1.165) is 25.4 Å². The van der Waals surface area contributed by atoms with Crippen molar-refractivity contribution in [3.8, 4) is 0 Å². The van der Waals surface area contributed by atoms with Crippen LogP contribution in [0.5, 0.6) is 0 Å². The molecule has 0 aromatic heterocycles. The lowest BCUT2D eigenvalue weighted by molar-refractivity contribution is -0.0109. The molecule has 3 atom stereocenters. The summed E-state index contributed by atoms with van der Waals surface area (Å²) >= 11 is 0. The SMILES string of the molecule is CO[Si](CCCNCC(O)COCCC[Si](OC)(OC)OC)(OC)OC.CO[Si](CCCOCC(O)CN(CCC[Si](OC)(OC)OC)CC(O)COCCC[Si](OC)(OC)OC)(OC)OC. The van der Waals surface area contributed by atoms with Crippen molar-refractivity contribution < 1.29 is 95.9 Å². The molecule has 0 fully saturated rings. The summed E-state index contributed by atoms with van der Waals surface area (Å²) in [5, 5.41) is 34.5. The van der Waals surface area contributed by atoms with Crippen LogP contribution in [-0.4, -0.2) is 262 Å². The maximum absolute atomic E-state index is 10.7. The van der Waals surface area contributed by atoms with Gasteiger partial charge < -0.3 is 101 Å². The van der Waals surface area contributed by atoms with E-state index in [0.29, 0.717) is 89.4 Å². The molecule has 28 heteroatoms. The summed E-state index contributed by atoms with van der Waals surface area (Å²) in [6, 6.07) is 3.22. The molecule has 23 nitrogen and oxygen atoms in total. The van der Waals surface area contributed by atoms with Crippen molar-refractivity contribution in [2.75, 3.05) is 179 Å². The lowest BCUT2D eigenvalue weighted by Gasteiger charge is -2.29. The van der Waals surface area contributed by atoms with Gasteiger partial charge in [0, 0.05) is 176 Å². The Morgan fingerprint density at radius 3 is 0.896 bits per heavy atom. The largest absolute Gasteiger partial charge is 0.500 e.